The van der Waals surface area contributed by atoms with Gasteiger partial charge in [0.15, 0.2) is 6.10 Å². The summed E-state index contributed by atoms with van der Waals surface area (Å²) >= 11 is 0. The van der Waals surface area contributed by atoms with E-state index in [0.717, 1.165) is 12.2 Å². The van der Waals surface area contributed by atoms with E-state index in [1.54, 1.807) is 0 Å². The third-order valence-corrected chi connectivity index (χ3v) is 3.40. The Kier molecular flexibility index (Phi) is 4.19. The monoisotopic (exact) mass is 245 g/mol. The molecular formula is C14H19N3O. The normalized spacial score (nSPS) is 21.4. The molecule has 0 amide bonds. The number of morpholine rings is 1. The highest BCUT2D eigenvalue weighted by Gasteiger charge is 2.20. The second kappa shape index (κ2) is 5.85. The van der Waals surface area contributed by atoms with E-state index in [9.17, 15) is 0 Å². The summed E-state index contributed by atoms with van der Waals surface area (Å²) in [5.74, 6) is 0. The van der Waals surface area contributed by atoms with Gasteiger partial charge in [0.2, 0.25) is 0 Å². The van der Waals surface area contributed by atoms with Crippen molar-refractivity contribution in [2.75, 3.05) is 31.6 Å². The number of anilines is 1. The van der Waals surface area contributed by atoms with Crippen LogP contribution in [-0.2, 0) is 4.74 Å². The number of hydrogen-bond acceptors (Lipinski definition) is 4. The van der Waals surface area contributed by atoms with Crippen molar-refractivity contribution in [3.05, 3.63) is 29.8 Å². The van der Waals surface area contributed by atoms with Gasteiger partial charge in [-0.3, -0.25) is 0 Å². The van der Waals surface area contributed by atoms with Gasteiger partial charge in [-0.05, 0) is 31.7 Å². The molecule has 1 aromatic rings. The Balaban J connectivity index is 2.07. The largest absolute Gasteiger partial charge is 0.366 e. The van der Waals surface area contributed by atoms with E-state index in [4.69, 9.17) is 10.00 Å². The summed E-state index contributed by atoms with van der Waals surface area (Å²) in [6.07, 6.45) is -0.311. The van der Waals surface area contributed by atoms with E-state index in [1.807, 2.05) is 7.05 Å². The van der Waals surface area contributed by atoms with E-state index in [0.29, 0.717) is 19.2 Å². The molecule has 1 saturated heterocycles. The standard InChI is InChI=1S/C14H19N3O/c1-11(16-2)12-3-5-13(6-4-12)17-7-8-18-14(9-15)10-17/h3-6,11,14,16H,7-8,10H2,1-2H3. The van der Waals surface area contributed by atoms with Gasteiger partial charge in [0.25, 0.3) is 0 Å². The molecule has 18 heavy (non-hydrogen) atoms. The lowest BCUT2D eigenvalue weighted by Crippen LogP contribution is -2.41. The zero-order valence-electron chi connectivity index (χ0n) is 10.9. The van der Waals surface area contributed by atoms with Crippen LogP contribution in [0.3, 0.4) is 0 Å². The summed E-state index contributed by atoms with van der Waals surface area (Å²) in [6, 6.07) is 11.0. The summed E-state index contributed by atoms with van der Waals surface area (Å²) in [5.41, 5.74) is 2.43. The van der Waals surface area contributed by atoms with Crippen LogP contribution in [0.5, 0.6) is 0 Å². The van der Waals surface area contributed by atoms with Crippen LogP contribution in [0, 0.1) is 11.3 Å². The molecule has 1 N–H and O–H groups in total. The average Bonchev–Trinajstić information content (AvgIpc) is 2.46. The summed E-state index contributed by atoms with van der Waals surface area (Å²) < 4.78 is 5.35. The van der Waals surface area contributed by atoms with Gasteiger partial charge in [0.1, 0.15) is 0 Å². The molecule has 0 radical (unpaired) electrons. The van der Waals surface area contributed by atoms with Crippen molar-refractivity contribution >= 4 is 5.69 Å². The Morgan fingerprint density at radius 2 is 2.17 bits per heavy atom. The molecule has 96 valence electrons. The Morgan fingerprint density at radius 1 is 1.44 bits per heavy atom. The molecule has 2 rings (SSSR count). The quantitative estimate of drug-likeness (QED) is 0.880. The van der Waals surface area contributed by atoms with E-state index in [2.05, 4.69) is 47.5 Å². The summed E-state index contributed by atoms with van der Waals surface area (Å²) in [7, 11) is 1.96. The van der Waals surface area contributed by atoms with Crippen molar-refractivity contribution in [3.63, 3.8) is 0 Å². The van der Waals surface area contributed by atoms with Gasteiger partial charge in [0, 0.05) is 18.3 Å². The van der Waals surface area contributed by atoms with E-state index in [-0.39, 0.29) is 6.10 Å². The van der Waals surface area contributed by atoms with E-state index < -0.39 is 0 Å². The average molecular weight is 245 g/mol. The van der Waals surface area contributed by atoms with Gasteiger partial charge in [-0.15, -0.1) is 0 Å². The smallest absolute Gasteiger partial charge is 0.161 e. The van der Waals surface area contributed by atoms with Crippen molar-refractivity contribution in [3.8, 4) is 6.07 Å². The molecule has 1 aliphatic rings. The molecule has 1 fully saturated rings. The maximum absolute atomic E-state index is 8.89. The van der Waals surface area contributed by atoms with Gasteiger partial charge >= 0.3 is 0 Å². The van der Waals surface area contributed by atoms with Crippen molar-refractivity contribution in [1.82, 2.24) is 5.32 Å². The van der Waals surface area contributed by atoms with Crippen LogP contribution in [0.25, 0.3) is 0 Å². The van der Waals surface area contributed by atoms with Crippen molar-refractivity contribution in [2.24, 2.45) is 0 Å². The number of nitriles is 1. The number of hydrogen-bond donors (Lipinski definition) is 1. The third kappa shape index (κ3) is 2.81. The van der Waals surface area contributed by atoms with Crippen molar-refractivity contribution in [1.29, 1.82) is 5.26 Å². The Hall–Kier alpha value is -1.57. The molecule has 2 atom stereocenters. The molecule has 0 aromatic heterocycles. The molecule has 4 heteroatoms. The fourth-order valence-corrected chi connectivity index (χ4v) is 2.10. The highest BCUT2D eigenvalue weighted by molar-refractivity contribution is 5.48. The van der Waals surface area contributed by atoms with Crippen LogP contribution in [0.15, 0.2) is 24.3 Å². The van der Waals surface area contributed by atoms with Crippen LogP contribution in [-0.4, -0.2) is 32.8 Å². The van der Waals surface area contributed by atoms with Gasteiger partial charge in [-0.25, -0.2) is 0 Å². The third-order valence-electron chi connectivity index (χ3n) is 3.40. The second-order valence-corrected chi connectivity index (χ2v) is 4.54. The van der Waals surface area contributed by atoms with Crippen LogP contribution in [0.4, 0.5) is 5.69 Å². The zero-order valence-corrected chi connectivity index (χ0v) is 10.9. The maximum Gasteiger partial charge on any atom is 0.161 e. The first-order valence-electron chi connectivity index (χ1n) is 6.28. The SMILES string of the molecule is CNC(C)c1ccc(N2CCOC(C#N)C2)cc1. The lowest BCUT2D eigenvalue weighted by Gasteiger charge is -2.31. The molecule has 2 unspecified atom stereocenters. The lowest BCUT2D eigenvalue weighted by atomic mass is 10.1. The van der Waals surface area contributed by atoms with Crippen LogP contribution < -0.4 is 10.2 Å². The summed E-state index contributed by atoms with van der Waals surface area (Å²) in [4.78, 5) is 2.20. The second-order valence-electron chi connectivity index (χ2n) is 4.54. The molecule has 0 saturated carbocycles. The topological polar surface area (TPSA) is 48.3 Å². The van der Waals surface area contributed by atoms with Crippen LogP contribution in [0.1, 0.15) is 18.5 Å². The summed E-state index contributed by atoms with van der Waals surface area (Å²) in [6.45, 7) is 4.25. The van der Waals surface area contributed by atoms with Crippen molar-refractivity contribution in [2.45, 2.75) is 19.1 Å². The molecule has 4 nitrogen and oxygen atoms in total. The molecule has 0 spiro atoms. The Morgan fingerprint density at radius 3 is 2.78 bits per heavy atom. The first-order valence-corrected chi connectivity index (χ1v) is 6.28. The minimum absolute atomic E-state index is 0.311. The van der Waals surface area contributed by atoms with Gasteiger partial charge in [0.05, 0.1) is 19.2 Å². The molecule has 1 aliphatic heterocycles. The van der Waals surface area contributed by atoms with Crippen LogP contribution in [0.2, 0.25) is 0 Å². The number of nitrogens with one attached hydrogen (secondary N) is 1. The number of benzene rings is 1. The van der Waals surface area contributed by atoms with Crippen LogP contribution >= 0.6 is 0 Å². The molecule has 0 aliphatic carbocycles. The highest BCUT2D eigenvalue weighted by Crippen LogP contribution is 2.20. The minimum atomic E-state index is -0.311. The van der Waals surface area contributed by atoms with Gasteiger partial charge in [-0.1, -0.05) is 12.1 Å². The Bertz CT molecular complexity index is 424. The Labute approximate surface area is 108 Å². The predicted molar refractivity (Wildman–Crippen MR) is 71.5 cm³/mol. The fourth-order valence-electron chi connectivity index (χ4n) is 2.10. The van der Waals surface area contributed by atoms with E-state index >= 15 is 0 Å². The molecule has 0 bridgehead atoms. The number of nitrogens with zero attached hydrogens (tertiary/aromatic N) is 2. The predicted octanol–water partition coefficient (Wildman–Crippen LogP) is 1.70. The first-order chi connectivity index (χ1) is 8.74. The fraction of sp³-hybridized carbons (Fsp3) is 0.500. The maximum atomic E-state index is 8.89. The lowest BCUT2D eigenvalue weighted by molar-refractivity contribution is 0.0764. The molecular weight excluding hydrogens is 226 g/mol. The van der Waals surface area contributed by atoms with E-state index in [1.165, 1.54) is 5.56 Å². The van der Waals surface area contributed by atoms with Gasteiger partial charge < -0.3 is 15.0 Å². The minimum Gasteiger partial charge on any atom is -0.366 e. The number of rotatable bonds is 3. The number of ether oxygens (including phenoxy) is 1. The van der Waals surface area contributed by atoms with Crippen molar-refractivity contribution < 1.29 is 4.74 Å². The molecule has 1 aromatic carbocycles. The van der Waals surface area contributed by atoms with Gasteiger partial charge in [-0.2, -0.15) is 5.26 Å². The highest BCUT2D eigenvalue weighted by atomic mass is 16.5. The molecule has 1 heterocycles. The summed E-state index contributed by atoms with van der Waals surface area (Å²) in [5, 5.41) is 12.1. The first kappa shape index (κ1) is 12.9. The zero-order chi connectivity index (χ0) is 13.0.